The van der Waals surface area contributed by atoms with Crippen molar-refractivity contribution >= 4 is 35.0 Å². The van der Waals surface area contributed by atoms with E-state index in [1.807, 2.05) is 66.9 Å². The molecule has 9 heteroatoms. The van der Waals surface area contributed by atoms with Crippen molar-refractivity contribution in [2.45, 2.75) is 36.7 Å². The molecule has 1 unspecified atom stereocenters. The summed E-state index contributed by atoms with van der Waals surface area (Å²) in [4.78, 5) is 17.1. The summed E-state index contributed by atoms with van der Waals surface area (Å²) in [5, 5.41) is 12.2. The van der Waals surface area contributed by atoms with Gasteiger partial charge in [-0.15, -0.1) is 10.2 Å². The highest BCUT2D eigenvalue weighted by Gasteiger charge is 2.25. The highest BCUT2D eigenvalue weighted by Crippen LogP contribution is 2.29. The standard InChI is InChI=1S/C22H28N6O2S/c1-16(20(29)23-17-8-10-18(11-9-17)26(2)3)31-22-25-24-21(27-12-4-5-13-27)28(22)15-19-7-6-14-30-19/h6-11,14,16H,4-5,12-13,15H2,1-3H3,(H,23,29). The molecule has 8 nitrogen and oxygen atoms in total. The van der Waals surface area contributed by atoms with Gasteiger partial charge >= 0.3 is 0 Å². The molecule has 0 saturated carbocycles. The van der Waals surface area contributed by atoms with Gasteiger partial charge in [0.15, 0.2) is 5.16 Å². The zero-order valence-electron chi connectivity index (χ0n) is 18.1. The molecule has 0 bridgehead atoms. The number of furan rings is 1. The van der Waals surface area contributed by atoms with Crippen LogP contribution < -0.4 is 15.1 Å². The van der Waals surface area contributed by atoms with Crippen LogP contribution >= 0.6 is 11.8 Å². The maximum atomic E-state index is 12.8. The van der Waals surface area contributed by atoms with E-state index in [9.17, 15) is 4.79 Å². The van der Waals surface area contributed by atoms with Crippen LogP contribution in [-0.2, 0) is 11.3 Å². The van der Waals surface area contributed by atoms with Crippen LogP contribution in [0.25, 0.3) is 0 Å². The summed E-state index contributed by atoms with van der Waals surface area (Å²) in [6, 6.07) is 11.6. The van der Waals surface area contributed by atoms with Crippen LogP contribution in [0.5, 0.6) is 0 Å². The largest absolute Gasteiger partial charge is 0.467 e. The van der Waals surface area contributed by atoms with Crippen molar-refractivity contribution in [1.82, 2.24) is 14.8 Å². The van der Waals surface area contributed by atoms with Crippen molar-refractivity contribution in [3.63, 3.8) is 0 Å². The monoisotopic (exact) mass is 440 g/mol. The Balaban J connectivity index is 1.47. The third kappa shape index (κ3) is 5.04. The minimum Gasteiger partial charge on any atom is -0.467 e. The maximum absolute atomic E-state index is 12.8. The molecule has 1 aliphatic rings. The van der Waals surface area contributed by atoms with Gasteiger partial charge in [-0.3, -0.25) is 9.36 Å². The molecule has 3 aromatic rings. The molecule has 1 saturated heterocycles. The van der Waals surface area contributed by atoms with Gasteiger partial charge in [0.05, 0.1) is 18.1 Å². The molecule has 2 aromatic heterocycles. The first-order chi connectivity index (χ1) is 15.0. The smallest absolute Gasteiger partial charge is 0.237 e. The van der Waals surface area contributed by atoms with Crippen molar-refractivity contribution < 1.29 is 9.21 Å². The molecule has 1 fully saturated rings. The summed E-state index contributed by atoms with van der Waals surface area (Å²) in [6.45, 7) is 4.37. The van der Waals surface area contributed by atoms with Crippen molar-refractivity contribution in [3.8, 4) is 0 Å². The zero-order chi connectivity index (χ0) is 21.8. The summed E-state index contributed by atoms with van der Waals surface area (Å²) in [5.74, 6) is 1.60. The summed E-state index contributed by atoms with van der Waals surface area (Å²) in [7, 11) is 3.98. The molecule has 0 spiro atoms. The molecular weight excluding hydrogens is 412 g/mol. The van der Waals surface area contributed by atoms with Gasteiger partial charge in [-0.05, 0) is 56.2 Å². The number of carbonyl (C=O) groups excluding carboxylic acids is 1. The molecule has 1 aromatic carbocycles. The summed E-state index contributed by atoms with van der Waals surface area (Å²) < 4.78 is 7.60. The average Bonchev–Trinajstić information content (AvgIpc) is 3.52. The fraction of sp³-hybridized carbons (Fsp3) is 0.409. The number of thioether (sulfide) groups is 1. The number of amides is 1. The average molecular weight is 441 g/mol. The second-order valence-electron chi connectivity index (χ2n) is 7.83. The van der Waals surface area contributed by atoms with Gasteiger partial charge in [0.2, 0.25) is 11.9 Å². The Morgan fingerprint density at radius 2 is 1.94 bits per heavy atom. The summed E-state index contributed by atoms with van der Waals surface area (Å²) >= 11 is 1.41. The Hall–Kier alpha value is -2.94. The normalized spacial score (nSPS) is 14.6. The molecule has 164 valence electrons. The minimum atomic E-state index is -0.334. The molecule has 1 amide bonds. The number of carbonyl (C=O) groups is 1. The van der Waals surface area contributed by atoms with Crippen LogP contribution in [0.15, 0.2) is 52.2 Å². The number of rotatable bonds is 8. The van der Waals surface area contributed by atoms with E-state index in [0.29, 0.717) is 11.7 Å². The van der Waals surface area contributed by atoms with Crippen LogP contribution in [0.1, 0.15) is 25.5 Å². The topological polar surface area (TPSA) is 79.4 Å². The van der Waals surface area contributed by atoms with E-state index in [1.165, 1.54) is 11.8 Å². The van der Waals surface area contributed by atoms with Crippen LogP contribution in [0.2, 0.25) is 0 Å². The van der Waals surface area contributed by atoms with E-state index < -0.39 is 0 Å². The lowest BCUT2D eigenvalue weighted by Crippen LogP contribution is -2.24. The van der Waals surface area contributed by atoms with Crippen LogP contribution in [-0.4, -0.2) is 53.1 Å². The first-order valence-corrected chi connectivity index (χ1v) is 11.3. The molecular formula is C22H28N6O2S. The summed E-state index contributed by atoms with van der Waals surface area (Å²) in [6.07, 6.45) is 3.97. The first kappa shape index (κ1) is 21.3. The molecule has 4 rings (SSSR count). The number of aromatic nitrogens is 3. The fourth-order valence-electron chi connectivity index (χ4n) is 3.51. The molecule has 1 atom stereocenters. The number of hydrogen-bond acceptors (Lipinski definition) is 7. The van der Waals surface area contributed by atoms with E-state index >= 15 is 0 Å². The molecule has 1 N–H and O–H groups in total. The van der Waals surface area contributed by atoms with Gasteiger partial charge < -0.3 is 19.5 Å². The summed E-state index contributed by atoms with van der Waals surface area (Å²) in [5.41, 5.74) is 1.86. The van der Waals surface area contributed by atoms with E-state index in [-0.39, 0.29) is 11.2 Å². The van der Waals surface area contributed by atoms with Gasteiger partial charge in [-0.1, -0.05) is 11.8 Å². The number of nitrogens with zero attached hydrogens (tertiary/aromatic N) is 5. The van der Waals surface area contributed by atoms with E-state index in [1.54, 1.807) is 6.26 Å². The van der Waals surface area contributed by atoms with Gasteiger partial charge in [0, 0.05) is 38.6 Å². The lowest BCUT2D eigenvalue weighted by atomic mass is 10.2. The van der Waals surface area contributed by atoms with Crippen LogP contribution in [0.3, 0.4) is 0 Å². The first-order valence-electron chi connectivity index (χ1n) is 10.5. The van der Waals surface area contributed by atoms with Crippen LogP contribution in [0.4, 0.5) is 17.3 Å². The van der Waals surface area contributed by atoms with Crippen molar-refractivity contribution in [1.29, 1.82) is 0 Å². The van der Waals surface area contributed by atoms with Gasteiger partial charge in [0.25, 0.3) is 0 Å². The highest BCUT2D eigenvalue weighted by atomic mass is 32.2. The Labute approximate surface area is 186 Å². The SMILES string of the molecule is CC(Sc1nnc(N2CCCC2)n1Cc1ccco1)C(=O)Nc1ccc(N(C)C)cc1. The molecule has 0 aliphatic carbocycles. The van der Waals surface area contributed by atoms with E-state index in [2.05, 4.69) is 20.4 Å². The van der Waals surface area contributed by atoms with E-state index in [0.717, 1.165) is 49.0 Å². The van der Waals surface area contributed by atoms with Gasteiger partial charge in [0.1, 0.15) is 5.76 Å². The van der Waals surface area contributed by atoms with Crippen molar-refractivity contribution in [3.05, 3.63) is 48.4 Å². The number of benzene rings is 1. The van der Waals surface area contributed by atoms with E-state index in [4.69, 9.17) is 4.42 Å². The second-order valence-corrected chi connectivity index (χ2v) is 9.14. The predicted molar refractivity (Wildman–Crippen MR) is 124 cm³/mol. The molecule has 0 radical (unpaired) electrons. The zero-order valence-corrected chi connectivity index (χ0v) is 18.9. The predicted octanol–water partition coefficient (Wildman–Crippen LogP) is 3.70. The fourth-order valence-corrected chi connectivity index (χ4v) is 4.36. The number of hydrogen-bond donors (Lipinski definition) is 1. The lowest BCUT2D eigenvalue weighted by molar-refractivity contribution is -0.115. The maximum Gasteiger partial charge on any atom is 0.237 e. The molecule has 31 heavy (non-hydrogen) atoms. The quantitative estimate of drug-likeness (QED) is 0.535. The van der Waals surface area contributed by atoms with Crippen molar-refractivity contribution in [2.75, 3.05) is 42.3 Å². The Kier molecular flexibility index (Phi) is 6.50. The number of nitrogens with one attached hydrogen (secondary N) is 1. The highest BCUT2D eigenvalue weighted by molar-refractivity contribution is 8.00. The lowest BCUT2D eigenvalue weighted by Gasteiger charge is -2.18. The minimum absolute atomic E-state index is 0.0714. The Bertz CT molecular complexity index is 994. The number of anilines is 3. The van der Waals surface area contributed by atoms with Crippen LogP contribution in [0, 0.1) is 0 Å². The van der Waals surface area contributed by atoms with Gasteiger partial charge in [-0.2, -0.15) is 0 Å². The third-order valence-electron chi connectivity index (χ3n) is 5.28. The third-order valence-corrected chi connectivity index (χ3v) is 6.36. The van der Waals surface area contributed by atoms with Gasteiger partial charge in [-0.25, -0.2) is 0 Å². The Morgan fingerprint density at radius 3 is 2.58 bits per heavy atom. The molecule has 1 aliphatic heterocycles. The van der Waals surface area contributed by atoms with Crippen molar-refractivity contribution in [2.24, 2.45) is 0 Å². The second kappa shape index (κ2) is 9.47. The molecule has 3 heterocycles. The Morgan fingerprint density at radius 1 is 1.19 bits per heavy atom.